The van der Waals surface area contributed by atoms with Crippen LogP contribution in [0.4, 0.5) is 10.5 Å². The molecule has 1 N–H and O–H groups in total. The Hall–Kier alpha value is -2.11. The molecule has 1 aliphatic carbocycles. The molecule has 2 aliphatic heterocycles. The minimum absolute atomic E-state index is 0.00931. The SMILES string of the molecule is O=C(Nc1ccc(C(=O)N2CCCCC2)nc1)N1C[C@@H]2CCC[C@H]2C1. The summed E-state index contributed by atoms with van der Waals surface area (Å²) in [6, 6.07) is 3.44. The summed E-state index contributed by atoms with van der Waals surface area (Å²) in [5, 5.41) is 2.92. The number of urea groups is 1. The van der Waals surface area contributed by atoms with Crippen LogP contribution in [0.15, 0.2) is 18.3 Å². The van der Waals surface area contributed by atoms with Crippen molar-refractivity contribution in [3.8, 4) is 0 Å². The van der Waals surface area contributed by atoms with Crippen LogP contribution in [-0.4, -0.2) is 52.9 Å². The summed E-state index contributed by atoms with van der Waals surface area (Å²) in [5.74, 6) is 1.37. The Morgan fingerprint density at radius 1 is 0.960 bits per heavy atom. The molecule has 4 rings (SSSR count). The fraction of sp³-hybridized carbons (Fsp3) is 0.632. The van der Waals surface area contributed by atoms with Crippen LogP contribution in [0.2, 0.25) is 0 Å². The van der Waals surface area contributed by atoms with E-state index in [-0.39, 0.29) is 11.9 Å². The first-order valence-corrected chi connectivity index (χ1v) is 9.52. The molecule has 3 aliphatic rings. The van der Waals surface area contributed by atoms with Gasteiger partial charge in [0.05, 0.1) is 11.9 Å². The molecule has 1 saturated carbocycles. The highest BCUT2D eigenvalue weighted by atomic mass is 16.2. The Morgan fingerprint density at radius 2 is 1.68 bits per heavy atom. The van der Waals surface area contributed by atoms with E-state index in [0.29, 0.717) is 23.2 Å². The molecule has 0 bridgehead atoms. The molecule has 0 aromatic carbocycles. The number of nitrogens with one attached hydrogen (secondary N) is 1. The Morgan fingerprint density at radius 3 is 2.32 bits per heavy atom. The summed E-state index contributed by atoms with van der Waals surface area (Å²) in [6.07, 6.45) is 8.73. The van der Waals surface area contributed by atoms with Crippen molar-refractivity contribution in [1.82, 2.24) is 14.8 Å². The lowest BCUT2D eigenvalue weighted by Gasteiger charge is -2.26. The summed E-state index contributed by atoms with van der Waals surface area (Å²) in [4.78, 5) is 32.9. The van der Waals surface area contributed by atoms with Crippen LogP contribution < -0.4 is 5.32 Å². The van der Waals surface area contributed by atoms with Crippen molar-refractivity contribution in [2.24, 2.45) is 11.8 Å². The maximum atomic E-state index is 12.4. The second kappa shape index (κ2) is 7.02. The minimum Gasteiger partial charge on any atom is -0.337 e. The van der Waals surface area contributed by atoms with Gasteiger partial charge in [0.2, 0.25) is 0 Å². The first-order chi connectivity index (χ1) is 12.2. The molecule has 6 nitrogen and oxygen atoms in total. The van der Waals surface area contributed by atoms with Crippen LogP contribution in [0.3, 0.4) is 0 Å². The molecular weight excluding hydrogens is 316 g/mol. The number of carbonyl (C=O) groups is 2. The quantitative estimate of drug-likeness (QED) is 0.898. The van der Waals surface area contributed by atoms with Gasteiger partial charge in [-0.3, -0.25) is 4.79 Å². The first kappa shape index (κ1) is 16.4. The molecule has 134 valence electrons. The van der Waals surface area contributed by atoms with E-state index in [1.54, 1.807) is 18.3 Å². The number of fused-ring (bicyclic) bond motifs is 1. The van der Waals surface area contributed by atoms with E-state index < -0.39 is 0 Å². The van der Waals surface area contributed by atoms with Crippen molar-refractivity contribution in [2.45, 2.75) is 38.5 Å². The summed E-state index contributed by atoms with van der Waals surface area (Å²) in [5.41, 5.74) is 1.10. The molecule has 0 unspecified atom stereocenters. The lowest BCUT2D eigenvalue weighted by atomic mass is 10.0. The zero-order valence-electron chi connectivity index (χ0n) is 14.6. The fourth-order valence-corrected chi connectivity index (χ4v) is 4.46. The van der Waals surface area contributed by atoms with E-state index in [2.05, 4.69) is 10.3 Å². The predicted molar refractivity (Wildman–Crippen MR) is 95.4 cm³/mol. The second-order valence-electron chi connectivity index (χ2n) is 7.57. The highest BCUT2D eigenvalue weighted by Crippen LogP contribution is 2.37. The van der Waals surface area contributed by atoms with Crippen LogP contribution >= 0.6 is 0 Å². The van der Waals surface area contributed by atoms with Crippen molar-refractivity contribution >= 4 is 17.6 Å². The number of rotatable bonds is 2. The van der Waals surface area contributed by atoms with Gasteiger partial charge in [-0.1, -0.05) is 6.42 Å². The van der Waals surface area contributed by atoms with Gasteiger partial charge in [-0.2, -0.15) is 0 Å². The number of hydrogen-bond acceptors (Lipinski definition) is 3. The van der Waals surface area contributed by atoms with Crippen molar-refractivity contribution < 1.29 is 9.59 Å². The van der Waals surface area contributed by atoms with E-state index in [1.807, 2.05) is 9.80 Å². The molecule has 0 spiro atoms. The first-order valence-electron chi connectivity index (χ1n) is 9.52. The van der Waals surface area contributed by atoms with Crippen molar-refractivity contribution in [2.75, 3.05) is 31.5 Å². The van der Waals surface area contributed by atoms with Gasteiger partial charge in [0.25, 0.3) is 5.91 Å². The Balaban J connectivity index is 1.34. The predicted octanol–water partition coefficient (Wildman–Crippen LogP) is 2.97. The van der Waals surface area contributed by atoms with Gasteiger partial charge in [-0.05, 0) is 56.1 Å². The molecule has 2 saturated heterocycles. The van der Waals surface area contributed by atoms with Gasteiger partial charge >= 0.3 is 6.03 Å². The largest absolute Gasteiger partial charge is 0.337 e. The smallest absolute Gasteiger partial charge is 0.321 e. The third kappa shape index (κ3) is 3.48. The number of anilines is 1. The van der Waals surface area contributed by atoms with Crippen molar-refractivity contribution in [3.63, 3.8) is 0 Å². The zero-order chi connectivity index (χ0) is 17.2. The van der Waals surface area contributed by atoms with Gasteiger partial charge < -0.3 is 15.1 Å². The molecule has 25 heavy (non-hydrogen) atoms. The molecular formula is C19H26N4O2. The lowest BCUT2D eigenvalue weighted by molar-refractivity contribution is 0.0718. The van der Waals surface area contributed by atoms with Crippen LogP contribution in [0.25, 0.3) is 0 Å². The van der Waals surface area contributed by atoms with Gasteiger partial charge in [0, 0.05) is 26.2 Å². The van der Waals surface area contributed by atoms with E-state index >= 15 is 0 Å². The van der Waals surface area contributed by atoms with Crippen LogP contribution in [-0.2, 0) is 0 Å². The van der Waals surface area contributed by atoms with E-state index in [9.17, 15) is 9.59 Å². The average Bonchev–Trinajstić information content (AvgIpc) is 3.24. The molecule has 1 aromatic rings. The normalized spacial score (nSPS) is 25.8. The minimum atomic E-state index is -0.0497. The maximum Gasteiger partial charge on any atom is 0.321 e. The van der Waals surface area contributed by atoms with Crippen molar-refractivity contribution in [3.05, 3.63) is 24.0 Å². The van der Waals surface area contributed by atoms with Crippen LogP contribution in [0, 0.1) is 11.8 Å². The highest BCUT2D eigenvalue weighted by Gasteiger charge is 2.38. The molecule has 1 aromatic heterocycles. The number of piperidine rings is 1. The third-order valence-corrected chi connectivity index (χ3v) is 5.89. The van der Waals surface area contributed by atoms with E-state index in [4.69, 9.17) is 0 Å². The monoisotopic (exact) mass is 342 g/mol. The molecule has 3 amide bonds. The topological polar surface area (TPSA) is 65.5 Å². The summed E-state index contributed by atoms with van der Waals surface area (Å²) >= 11 is 0. The van der Waals surface area contributed by atoms with Gasteiger partial charge in [-0.25, -0.2) is 9.78 Å². The Labute approximate surface area is 148 Å². The number of amides is 3. The summed E-state index contributed by atoms with van der Waals surface area (Å²) < 4.78 is 0. The molecule has 2 atom stereocenters. The number of aromatic nitrogens is 1. The summed E-state index contributed by atoms with van der Waals surface area (Å²) in [7, 11) is 0. The third-order valence-electron chi connectivity index (χ3n) is 5.89. The number of pyridine rings is 1. The second-order valence-corrected chi connectivity index (χ2v) is 7.57. The molecule has 0 radical (unpaired) electrons. The highest BCUT2D eigenvalue weighted by molar-refractivity contribution is 5.93. The standard InChI is InChI=1S/C19H26N4O2/c24-18(22-9-2-1-3-10-22)17-8-7-16(11-20-17)21-19(25)23-12-14-5-4-6-15(14)13-23/h7-8,11,14-15H,1-6,9-10,12-13H2,(H,21,25)/t14-,15-/m0/s1. The summed E-state index contributed by atoms with van der Waals surface area (Å²) in [6.45, 7) is 3.37. The number of hydrogen-bond donors (Lipinski definition) is 1. The average molecular weight is 342 g/mol. The number of carbonyl (C=O) groups excluding carboxylic acids is 2. The maximum absolute atomic E-state index is 12.4. The Kier molecular flexibility index (Phi) is 4.59. The lowest BCUT2D eigenvalue weighted by Crippen LogP contribution is -2.36. The Bertz CT molecular complexity index is 627. The zero-order valence-corrected chi connectivity index (χ0v) is 14.6. The molecule has 3 heterocycles. The van der Waals surface area contributed by atoms with E-state index in [1.165, 1.54) is 25.7 Å². The molecule has 3 fully saturated rings. The number of nitrogens with zero attached hydrogens (tertiary/aromatic N) is 3. The number of likely N-dealkylation sites (tertiary alicyclic amines) is 2. The van der Waals surface area contributed by atoms with Crippen molar-refractivity contribution in [1.29, 1.82) is 0 Å². The van der Waals surface area contributed by atoms with E-state index in [0.717, 1.165) is 39.0 Å². The fourth-order valence-electron chi connectivity index (χ4n) is 4.46. The molecule has 6 heteroatoms. The van der Waals surface area contributed by atoms with Crippen LogP contribution in [0.5, 0.6) is 0 Å². The van der Waals surface area contributed by atoms with Crippen LogP contribution in [0.1, 0.15) is 49.0 Å². The van der Waals surface area contributed by atoms with Gasteiger partial charge in [0.15, 0.2) is 0 Å². The van der Waals surface area contributed by atoms with Gasteiger partial charge in [0.1, 0.15) is 5.69 Å². The van der Waals surface area contributed by atoms with Gasteiger partial charge in [-0.15, -0.1) is 0 Å².